The lowest BCUT2D eigenvalue weighted by molar-refractivity contribution is -0.142. The number of benzene rings is 1. The lowest BCUT2D eigenvalue weighted by Crippen LogP contribution is -2.38. The summed E-state index contributed by atoms with van der Waals surface area (Å²) in [5.74, 6) is -0.186. The van der Waals surface area contributed by atoms with Crippen LogP contribution in [0.2, 0.25) is 5.02 Å². The molecule has 0 bridgehead atoms. The van der Waals surface area contributed by atoms with Crippen molar-refractivity contribution < 1.29 is 19.4 Å². The van der Waals surface area contributed by atoms with Gasteiger partial charge in [-0.05, 0) is 31.7 Å². The molecule has 0 spiro atoms. The normalized spacial score (nSPS) is 17.0. The van der Waals surface area contributed by atoms with E-state index < -0.39 is 12.0 Å². The molecule has 6 nitrogen and oxygen atoms in total. The quantitative estimate of drug-likeness (QED) is 0.768. The molecular formula is C17H25ClN2O4. The van der Waals surface area contributed by atoms with Gasteiger partial charge in [0.15, 0.2) is 0 Å². The average molecular weight is 357 g/mol. The van der Waals surface area contributed by atoms with Gasteiger partial charge in [-0.3, -0.25) is 14.6 Å². The van der Waals surface area contributed by atoms with E-state index in [0.717, 1.165) is 38.4 Å². The molecule has 2 rings (SSSR count). The van der Waals surface area contributed by atoms with Gasteiger partial charge in [-0.15, -0.1) is 0 Å². The van der Waals surface area contributed by atoms with E-state index in [1.165, 1.54) is 0 Å². The number of carboxylic acid groups (broad SMARTS) is 1. The molecule has 0 aliphatic carbocycles. The number of hydrogen-bond donors (Lipinski definition) is 1. The fourth-order valence-corrected chi connectivity index (χ4v) is 2.74. The molecule has 1 aromatic rings. The van der Waals surface area contributed by atoms with Crippen LogP contribution in [0.5, 0.6) is 5.75 Å². The van der Waals surface area contributed by atoms with Crippen LogP contribution in [0.4, 0.5) is 0 Å². The van der Waals surface area contributed by atoms with Crippen molar-refractivity contribution in [3.05, 3.63) is 28.8 Å². The fourth-order valence-electron chi connectivity index (χ4n) is 2.48. The number of rotatable bonds is 8. The van der Waals surface area contributed by atoms with Gasteiger partial charge >= 0.3 is 5.97 Å². The molecule has 1 aliphatic heterocycles. The van der Waals surface area contributed by atoms with Crippen LogP contribution in [0.1, 0.15) is 12.5 Å². The van der Waals surface area contributed by atoms with Gasteiger partial charge in [0.05, 0.1) is 18.2 Å². The second kappa shape index (κ2) is 9.22. The van der Waals surface area contributed by atoms with Crippen LogP contribution in [-0.4, -0.2) is 73.4 Å². The Labute approximate surface area is 147 Å². The SMILES string of the molecule is CC(C(=O)O)N(C)Cc1ccc(OCCN2CCOCC2)c(Cl)c1. The summed E-state index contributed by atoms with van der Waals surface area (Å²) in [5, 5.41) is 9.58. The van der Waals surface area contributed by atoms with Gasteiger partial charge in [-0.2, -0.15) is 0 Å². The maximum Gasteiger partial charge on any atom is 0.320 e. The maximum absolute atomic E-state index is 11.0. The van der Waals surface area contributed by atoms with E-state index in [-0.39, 0.29) is 0 Å². The lowest BCUT2D eigenvalue weighted by Gasteiger charge is -2.26. The smallest absolute Gasteiger partial charge is 0.320 e. The summed E-state index contributed by atoms with van der Waals surface area (Å²) in [6.07, 6.45) is 0. The number of hydrogen-bond acceptors (Lipinski definition) is 5. The van der Waals surface area contributed by atoms with Gasteiger partial charge in [-0.25, -0.2) is 0 Å². The highest BCUT2D eigenvalue weighted by molar-refractivity contribution is 6.32. The molecule has 1 aliphatic rings. The van der Waals surface area contributed by atoms with Crippen molar-refractivity contribution in [1.29, 1.82) is 0 Å². The molecule has 1 aromatic carbocycles. The summed E-state index contributed by atoms with van der Waals surface area (Å²) in [6, 6.07) is 5.04. The Hall–Kier alpha value is -1.34. The molecule has 0 radical (unpaired) electrons. The van der Waals surface area contributed by atoms with Crippen molar-refractivity contribution in [2.24, 2.45) is 0 Å². The van der Waals surface area contributed by atoms with Gasteiger partial charge in [-0.1, -0.05) is 17.7 Å². The molecule has 24 heavy (non-hydrogen) atoms. The number of ether oxygens (including phenoxy) is 2. The van der Waals surface area contributed by atoms with Crippen LogP contribution in [0.15, 0.2) is 18.2 Å². The Morgan fingerprint density at radius 1 is 1.46 bits per heavy atom. The highest BCUT2D eigenvalue weighted by Gasteiger charge is 2.17. The monoisotopic (exact) mass is 356 g/mol. The summed E-state index contributed by atoms with van der Waals surface area (Å²) in [7, 11) is 1.78. The number of halogens is 1. The van der Waals surface area contributed by atoms with E-state index in [4.69, 9.17) is 26.2 Å². The van der Waals surface area contributed by atoms with Crippen molar-refractivity contribution in [3.63, 3.8) is 0 Å². The highest BCUT2D eigenvalue weighted by Crippen LogP contribution is 2.26. The molecule has 1 atom stereocenters. The van der Waals surface area contributed by atoms with Gasteiger partial charge < -0.3 is 14.6 Å². The third-order valence-corrected chi connectivity index (χ3v) is 4.51. The maximum atomic E-state index is 11.0. The van der Waals surface area contributed by atoms with Crippen molar-refractivity contribution in [2.45, 2.75) is 19.5 Å². The standard InChI is InChI=1S/C17H25ClN2O4/c1-13(17(21)22)19(2)12-14-3-4-16(15(18)11-14)24-10-7-20-5-8-23-9-6-20/h3-4,11,13H,5-10,12H2,1-2H3,(H,21,22). The highest BCUT2D eigenvalue weighted by atomic mass is 35.5. The molecule has 1 unspecified atom stereocenters. The first-order chi connectivity index (χ1) is 11.5. The number of carboxylic acids is 1. The minimum atomic E-state index is -0.841. The first kappa shape index (κ1) is 19.0. The molecule has 0 saturated carbocycles. The minimum Gasteiger partial charge on any atom is -0.491 e. The Morgan fingerprint density at radius 2 is 2.17 bits per heavy atom. The van der Waals surface area contributed by atoms with E-state index in [1.807, 2.05) is 18.2 Å². The zero-order valence-electron chi connectivity index (χ0n) is 14.2. The third-order valence-electron chi connectivity index (χ3n) is 4.22. The van der Waals surface area contributed by atoms with Crippen molar-refractivity contribution in [2.75, 3.05) is 46.5 Å². The third kappa shape index (κ3) is 5.63. The number of likely N-dealkylation sites (N-methyl/N-ethyl adjacent to an activating group) is 1. The second-order valence-corrected chi connectivity index (χ2v) is 6.40. The van der Waals surface area contributed by atoms with E-state index in [9.17, 15) is 4.79 Å². The topological polar surface area (TPSA) is 62.2 Å². The largest absolute Gasteiger partial charge is 0.491 e. The first-order valence-corrected chi connectivity index (χ1v) is 8.49. The van der Waals surface area contributed by atoms with E-state index >= 15 is 0 Å². The van der Waals surface area contributed by atoms with E-state index in [0.29, 0.717) is 23.9 Å². The lowest BCUT2D eigenvalue weighted by atomic mass is 10.2. The van der Waals surface area contributed by atoms with Crippen molar-refractivity contribution in [1.82, 2.24) is 9.80 Å². The van der Waals surface area contributed by atoms with E-state index in [1.54, 1.807) is 18.9 Å². The summed E-state index contributed by atoms with van der Waals surface area (Å²) >= 11 is 6.28. The summed E-state index contributed by atoms with van der Waals surface area (Å²) in [6.45, 7) is 7.02. The number of aliphatic carboxylic acids is 1. The summed E-state index contributed by atoms with van der Waals surface area (Å²) in [4.78, 5) is 15.1. The first-order valence-electron chi connectivity index (χ1n) is 8.11. The second-order valence-electron chi connectivity index (χ2n) is 6.00. The Bertz CT molecular complexity index is 549. The predicted octanol–water partition coefficient (Wildman–Crippen LogP) is 1.96. The molecule has 1 heterocycles. The number of nitrogens with zero attached hydrogens (tertiary/aromatic N) is 2. The van der Waals surface area contributed by atoms with E-state index in [2.05, 4.69) is 4.90 Å². The van der Waals surface area contributed by atoms with Crippen LogP contribution < -0.4 is 4.74 Å². The number of morpholine rings is 1. The van der Waals surface area contributed by atoms with Gasteiger partial charge in [0.2, 0.25) is 0 Å². The zero-order chi connectivity index (χ0) is 17.5. The van der Waals surface area contributed by atoms with Crippen LogP contribution >= 0.6 is 11.6 Å². The number of carbonyl (C=O) groups is 1. The van der Waals surface area contributed by atoms with Gasteiger partial charge in [0, 0.05) is 26.2 Å². The van der Waals surface area contributed by atoms with Gasteiger partial charge in [0.1, 0.15) is 18.4 Å². The molecule has 1 saturated heterocycles. The molecular weight excluding hydrogens is 332 g/mol. The molecule has 7 heteroatoms. The molecule has 1 fully saturated rings. The molecule has 0 amide bonds. The average Bonchev–Trinajstić information content (AvgIpc) is 2.57. The summed E-state index contributed by atoms with van der Waals surface area (Å²) in [5.41, 5.74) is 0.955. The van der Waals surface area contributed by atoms with Crippen LogP contribution in [0, 0.1) is 0 Å². The van der Waals surface area contributed by atoms with Crippen LogP contribution in [0.25, 0.3) is 0 Å². The Balaban J connectivity index is 1.83. The predicted molar refractivity (Wildman–Crippen MR) is 92.8 cm³/mol. The minimum absolute atomic E-state index is 0.515. The van der Waals surface area contributed by atoms with Crippen molar-refractivity contribution >= 4 is 17.6 Å². The fraction of sp³-hybridized carbons (Fsp3) is 0.588. The Morgan fingerprint density at radius 3 is 2.79 bits per heavy atom. The molecule has 1 N–H and O–H groups in total. The van der Waals surface area contributed by atoms with Crippen LogP contribution in [-0.2, 0) is 16.1 Å². The van der Waals surface area contributed by atoms with Crippen molar-refractivity contribution in [3.8, 4) is 5.75 Å². The molecule has 0 aromatic heterocycles. The Kier molecular flexibility index (Phi) is 7.30. The summed E-state index contributed by atoms with van der Waals surface area (Å²) < 4.78 is 11.1. The van der Waals surface area contributed by atoms with Gasteiger partial charge in [0.25, 0.3) is 0 Å². The zero-order valence-corrected chi connectivity index (χ0v) is 15.0. The molecule has 134 valence electrons. The van der Waals surface area contributed by atoms with Crippen LogP contribution in [0.3, 0.4) is 0 Å².